The number of nitriles is 1. The molecule has 1 heterocycles. The maximum Gasteiger partial charge on any atom is 0.236 e. The topological polar surface area (TPSA) is 54.8 Å². The van der Waals surface area contributed by atoms with E-state index in [-0.39, 0.29) is 6.10 Å². The standard InChI is InChI=1S/C14H17NO3/c1-3-16-13(17-4-2)14(10-15)12(18-14)11-8-6-5-7-9-11/h5-9,12-13H,3-4H2,1-2H3. The number of epoxide rings is 1. The van der Waals surface area contributed by atoms with Crippen LogP contribution in [0.3, 0.4) is 0 Å². The Balaban J connectivity index is 2.17. The van der Waals surface area contributed by atoms with Gasteiger partial charge in [0, 0.05) is 13.2 Å². The van der Waals surface area contributed by atoms with E-state index in [1.54, 1.807) is 0 Å². The second kappa shape index (κ2) is 5.49. The van der Waals surface area contributed by atoms with Gasteiger partial charge in [-0.1, -0.05) is 30.3 Å². The molecule has 0 aliphatic carbocycles. The van der Waals surface area contributed by atoms with Crippen LogP contribution in [0, 0.1) is 11.3 Å². The molecule has 2 unspecified atom stereocenters. The Kier molecular flexibility index (Phi) is 3.97. The molecule has 2 rings (SSSR count). The van der Waals surface area contributed by atoms with Gasteiger partial charge < -0.3 is 14.2 Å². The summed E-state index contributed by atoms with van der Waals surface area (Å²) in [6, 6.07) is 11.9. The maximum absolute atomic E-state index is 9.38. The highest BCUT2D eigenvalue weighted by atomic mass is 16.7. The molecule has 0 amide bonds. The van der Waals surface area contributed by atoms with Crippen molar-refractivity contribution in [1.29, 1.82) is 5.26 Å². The molecule has 1 aromatic carbocycles. The van der Waals surface area contributed by atoms with Crippen LogP contribution in [0.1, 0.15) is 25.5 Å². The highest BCUT2D eigenvalue weighted by Gasteiger charge is 2.65. The maximum atomic E-state index is 9.38. The zero-order valence-corrected chi connectivity index (χ0v) is 10.6. The largest absolute Gasteiger partial charge is 0.349 e. The summed E-state index contributed by atoms with van der Waals surface area (Å²) < 4.78 is 16.6. The first-order chi connectivity index (χ1) is 8.78. The van der Waals surface area contributed by atoms with Gasteiger partial charge in [0.25, 0.3) is 0 Å². The van der Waals surface area contributed by atoms with Crippen molar-refractivity contribution in [2.45, 2.75) is 31.8 Å². The molecule has 4 nitrogen and oxygen atoms in total. The van der Waals surface area contributed by atoms with E-state index in [0.717, 1.165) is 5.56 Å². The molecule has 0 saturated carbocycles. The smallest absolute Gasteiger partial charge is 0.236 e. The van der Waals surface area contributed by atoms with Crippen LogP contribution in [-0.4, -0.2) is 25.1 Å². The molecule has 18 heavy (non-hydrogen) atoms. The molecular formula is C14H17NO3. The summed E-state index contributed by atoms with van der Waals surface area (Å²) in [6.07, 6.45) is -0.908. The molecule has 0 spiro atoms. The first-order valence-corrected chi connectivity index (χ1v) is 6.15. The minimum Gasteiger partial charge on any atom is -0.349 e. The summed E-state index contributed by atoms with van der Waals surface area (Å²) >= 11 is 0. The Bertz CT molecular complexity index is 422. The van der Waals surface area contributed by atoms with E-state index < -0.39 is 11.9 Å². The van der Waals surface area contributed by atoms with Gasteiger partial charge in [-0.25, -0.2) is 0 Å². The van der Waals surface area contributed by atoms with Crippen LogP contribution < -0.4 is 0 Å². The fraction of sp³-hybridized carbons (Fsp3) is 0.500. The van der Waals surface area contributed by atoms with Crippen LogP contribution in [0.2, 0.25) is 0 Å². The summed E-state index contributed by atoms with van der Waals surface area (Å²) in [7, 11) is 0. The van der Waals surface area contributed by atoms with Gasteiger partial charge in [-0.05, 0) is 19.4 Å². The summed E-state index contributed by atoms with van der Waals surface area (Å²) in [6.45, 7) is 4.71. The molecule has 96 valence electrons. The second-order valence-electron chi connectivity index (χ2n) is 4.06. The van der Waals surface area contributed by atoms with Gasteiger partial charge in [0.2, 0.25) is 11.9 Å². The highest BCUT2D eigenvalue weighted by Crippen LogP contribution is 2.52. The van der Waals surface area contributed by atoms with Gasteiger partial charge in [-0.3, -0.25) is 0 Å². The van der Waals surface area contributed by atoms with Gasteiger partial charge in [-0.2, -0.15) is 5.26 Å². The van der Waals surface area contributed by atoms with Crippen molar-refractivity contribution in [1.82, 2.24) is 0 Å². The van der Waals surface area contributed by atoms with Crippen molar-refractivity contribution in [2.75, 3.05) is 13.2 Å². The quantitative estimate of drug-likeness (QED) is 0.572. The molecule has 1 aromatic rings. The lowest BCUT2D eigenvalue weighted by molar-refractivity contribution is -0.162. The molecular weight excluding hydrogens is 230 g/mol. The molecule has 1 aliphatic heterocycles. The lowest BCUT2D eigenvalue weighted by Crippen LogP contribution is -2.34. The Morgan fingerprint density at radius 3 is 2.39 bits per heavy atom. The van der Waals surface area contributed by atoms with Crippen LogP contribution in [0.4, 0.5) is 0 Å². The molecule has 1 saturated heterocycles. The summed E-state index contributed by atoms with van der Waals surface area (Å²) in [5, 5.41) is 9.38. The van der Waals surface area contributed by atoms with E-state index >= 15 is 0 Å². The van der Waals surface area contributed by atoms with Gasteiger partial charge in [0.15, 0.2) is 0 Å². The van der Waals surface area contributed by atoms with Crippen LogP contribution in [0.25, 0.3) is 0 Å². The average Bonchev–Trinajstić information content (AvgIpc) is 3.15. The molecule has 1 fully saturated rings. The van der Waals surface area contributed by atoms with Gasteiger partial charge >= 0.3 is 0 Å². The normalized spacial score (nSPS) is 26.0. The Labute approximate surface area is 107 Å². The van der Waals surface area contributed by atoms with Crippen molar-refractivity contribution in [2.24, 2.45) is 0 Å². The highest BCUT2D eigenvalue weighted by molar-refractivity contribution is 5.32. The van der Waals surface area contributed by atoms with Crippen LogP contribution >= 0.6 is 0 Å². The van der Waals surface area contributed by atoms with E-state index in [2.05, 4.69) is 6.07 Å². The lowest BCUT2D eigenvalue weighted by atomic mass is 10.00. The Hall–Kier alpha value is -1.41. The van der Waals surface area contributed by atoms with Crippen molar-refractivity contribution in [3.05, 3.63) is 35.9 Å². The third kappa shape index (κ3) is 2.25. The van der Waals surface area contributed by atoms with Gasteiger partial charge in [0.05, 0.1) is 0 Å². The molecule has 1 aliphatic rings. The SMILES string of the molecule is CCOC(OCC)C1(C#N)OC1c1ccccc1. The van der Waals surface area contributed by atoms with Gasteiger partial charge in [-0.15, -0.1) is 0 Å². The predicted molar refractivity (Wildman–Crippen MR) is 65.7 cm³/mol. The van der Waals surface area contributed by atoms with Crippen molar-refractivity contribution in [3.63, 3.8) is 0 Å². The number of hydrogen-bond acceptors (Lipinski definition) is 4. The fourth-order valence-corrected chi connectivity index (χ4v) is 2.02. The minimum absolute atomic E-state index is 0.271. The molecule has 0 aromatic heterocycles. The minimum atomic E-state index is -1.01. The zero-order chi connectivity index (χ0) is 13.0. The van der Waals surface area contributed by atoms with E-state index in [4.69, 9.17) is 14.2 Å². The summed E-state index contributed by atoms with van der Waals surface area (Å²) in [4.78, 5) is 0. The third-order valence-electron chi connectivity index (χ3n) is 2.91. The number of rotatable bonds is 6. The Morgan fingerprint density at radius 1 is 1.28 bits per heavy atom. The van der Waals surface area contributed by atoms with Crippen molar-refractivity contribution < 1.29 is 14.2 Å². The van der Waals surface area contributed by atoms with E-state index in [9.17, 15) is 5.26 Å². The zero-order valence-electron chi connectivity index (χ0n) is 10.6. The summed E-state index contributed by atoms with van der Waals surface area (Å²) in [5.41, 5.74) is -0.0312. The molecule has 0 radical (unpaired) electrons. The number of hydrogen-bond donors (Lipinski definition) is 0. The van der Waals surface area contributed by atoms with Crippen molar-refractivity contribution in [3.8, 4) is 6.07 Å². The van der Waals surface area contributed by atoms with Crippen LogP contribution in [0.15, 0.2) is 30.3 Å². The predicted octanol–water partition coefficient (Wildman–Crippen LogP) is 2.42. The average molecular weight is 247 g/mol. The van der Waals surface area contributed by atoms with E-state index in [1.807, 2.05) is 44.2 Å². The number of benzene rings is 1. The van der Waals surface area contributed by atoms with Crippen molar-refractivity contribution >= 4 is 0 Å². The molecule has 4 heteroatoms. The second-order valence-corrected chi connectivity index (χ2v) is 4.06. The first-order valence-electron chi connectivity index (χ1n) is 6.15. The van der Waals surface area contributed by atoms with Gasteiger partial charge in [0.1, 0.15) is 12.2 Å². The lowest BCUT2D eigenvalue weighted by Gasteiger charge is -2.19. The third-order valence-corrected chi connectivity index (χ3v) is 2.91. The molecule has 0 N–H and O–H groups in total. The van der Waals surface area contributed by atoms with E-state index in [1.165, 1.54) is 0 Å². The fourth-order valence-electron chi connectivity index (χ4n) is 2.02. The summed E-state index contributed by atoms with van der Waals surface area (Å²) in [5.74, 6) is 0. The molecule has 2 atom stereocenters. The molecule has 0 bridgehead atoms. The van der Waals surface area contributed by atoms with Crippen LogP contribution in [0.5, 0.6) is 0 Å². The first kappa shape index (κ1) is 13.0. The number of nitrogens with zero attached hydrogens (tertiary/aromatic N) is 1. The Morgan fingerprint density at radius 2 is 1.89 bits per heavy atom. The van der Waals surface area contributed by atoms with E-state index in [0.29, 0.717) is 13.2 Å². The monoisotopic (exact) mass is 247 g/mol. The number of ether oxygens (including phenoxy) is 3. The van der Waals surface area contributed by atoms with Crippen LogP contribution in [-0.2, 0) is 14.2 Å².